The number of benzene rings is 2. The Morgan fingerprint density at radius 2 is 1.75 bits per heavy atom. The number of amides is 1. The predicted molar refractivity (Wildman–Crippen MR) is 99.3 cm³/mol. The second-order valence-corrected chi connectivity index (χ2v) is 6.35. The van der Waals surface area contributed by atoms with Gasteiger partial charge in [0.05, 0.1) is 0 Å². The molecule has 0 bridgehead atoms. The van der Waals surface area contributed by atoms with Crippen molar-refractivity contribution in [3.05, 3.63) is 76.8 Å². The van der Waals surface area contributed by atoms with Gasteiger partial charge in [0.15, 0.2) is 0 Å². The van der Waals surface area contributed by atoms with Crippen molar-refractivity contribution in [3.63, 3.8) is 0 Å². The highest BCUT2D eigenvalue weighted by molar-refractivity contribution is 6.30. The zero-order valence-corrected chi connectivity index (χ0v) is 14.3. The fourth-order valence-corrected chi connectivity index (χ4v) is 3.03. The molecule has 0 unspecified atom stereocenters. The van der Waals surface area contributed by atoms with Crippen molar-refractivity contribution in [2.75, 3.05) is 32.7 Å². The number of halogens is 1. The lowest BCUT2D eigenvalue weighted by molar-refractivity contribution is 0.0650. The van der Waals surface area contributed by atoms with Gasteiger partial charge in [0.2, 0.25) is 0 Å². The molecule has 4 heteroatoms. The second-order valence-electron chi connectivity index (χ2n) is 5.92. The number of carbonyl (C=O) groups is 1. The number of rotatable bonds is 4. The van der Waals surface area contributed by atoms with Gasteiger partial charge in [-0.15, -0.1) is 0 Å². The van der Waals surface area contributed by atoms with E-state index in [2.05, 4.69) is 29.2 Å². The van der Waals surface area contributed by atoms with E-state index in [0.717, 1.165) is 32.7 Å². The summed E-state index contributed by atoms with van der Waals surface area (Å²) in [6, 6.07) is 17.5. The summed E-state index contributed by atoms with van der Waals surface area (Å²) in [4.78, 5) is 16.8. The Morgan fingerprint density at radius 1 is 1.00 bits per heavy atom. The molecule has 1 heterocycles. The van der Waals surface area contributed by atoms with Gasteiger partial charge >= 0.3 is 0 Å². The molecule has 2 aromatic rings. The van der Waals surface area contributed by atoms with Gasteiger partial charge in [-0.05, 0) is 23.8 Å². The first-order valence-electron chi connectivity index (χ1n) is 8.21. The lowest BCUT2D eigenvalue weighted by Crippen LogP contribution is -2.48. The summed E-state index contributed by atoms with van der Waals surface area (Å²) < 4.78 is 0. The van der Waals surface area contributed by atoms with Gasteiger partial charge in [-0.3, -0.25) is 9.69 Å². The SMILES string of the molecule is O=C(c1cccc(Cl)c1)N1CCN(C/C=C/c2ccccc2)CC1. The van der Waals surface area contributed by atoms with Crippen LogP contribution in [0.1, 0.15) is 15.9 Å². The minimum Gasteiger partial charge on any atom is -0.336 e. The summed E-state index contributed by atoms with van der Waals surface area (Å²) in [7, 11) is 0. The molecular formula is C20H21ClN2O. The standard InChI is InChI=1S/C20H21ClN2O/c21-19-10-4-9-18(16-19)20(24)23-14-12-22(13-15-23)11-5-8-17-6-2-1-3-7-17/h1-10,16H,11-15H2/b8-5+. The Bertz CT molecular complexity index is 707. The van der Waals surface area contributed by atoms with Crippen LogP contribution in [0, 0.1) is 0 Å². The average Bonchev–Trinajstić information content (AvgIpc) is 2.63. The monoisotopic (exact) mass is 340 g/mol. The minimum atomic E-state index is 0.0666. The summed E-state index contributed by atoms with van der Waals surface area (Å²) in [6.07, 6.45) is 4.33. The molecule has 1 aliphatic heterocycles. The smallest absolute Gasteiger partial charge is 0.253 e. The van der Waals surface area contributed by atoms with E-state index < -0.39 is 0 Å². The van der Waals surface area contributed by atoms with E-state index in [-0.39, 0.29) is 5.91 Å². The van der Waals surface area contributed by atoms with Crippen molar-refractivity contribution in [1.29, 1.82) is 0 Å². The highest BCUT2D eigenvalue weighted by Gasteiger charge is 2.21. The summed E-state index contributed by atoms with van der Waals surface area (Å²) >= 11 is 5.97. The van der Waals surface area contributed by atoms with Crippen molar-refractivity contribution in [2.45, 2.75) is 0 Å². The van der Waals surface area contributed by atoms with Crippen LogP contribution in [0.5, 0.6) is 0 Å². The summed E-state index contributed by atoms with van der Waals surface area (Å²) in [5.74, 6) is 0.0666. The van der Waals surface area contributed by atoms with Gasteiger partial charge in [0.1, 0.15) is 0 Å². The Balaban J connectivity index is 1.49. The van der Waals surface area contributed by atoms with Gasteiger partial charge < -0.3 is 4.90 Å². The van der Waals surface area contributed by atoms with E-state index in [1.54, 1.807) is 12.1 Å². The number of nitrogens with zero attached hydrogens (tertiary/aromatic N) is 2. The van der Waals surface area contributed by atoms with Crippen LogP contribution >= 0.6 is 11.6 Å². The van der Waals surface area contributed by atoms with Gasteiger partial charge in [0.25, 0.3) is 5.91 Å². The van der Waals surface area contributed by atoms with Crippen molar-refractivity contribution in [3.8, 4) is 0 Å². The van der Waals surface area contributed by atoms with E-state index in [0.29, 0.717) is 10.6 Å². The van der Waals surface area contributed by atoms with E-state index >= 15 is 0 Å². The van der Waals surface area contributed by atoms with Crippen LogP contribution in [-0.2, 0) is 0 Å². The van der Waals surface area contributed by atoms with Crippen molar-refractivity contribution in [2.24, 2.45) is 0 Å². The van der Waals surface area contributed by atoms with E-state index in [1.165, 1.54) is 5.56 Å². The molecule has 3 nitrogen and oxygen atoms in total. The van der Waals surface area contributed by atoms with Crippen LogP contribution < -0.4 is 0 Å². The number of piperazine rings is 1. The zero-order valence-electron chi connectivity index (χ0n) is 13.6. The van der Waals surface area contributed by atoms with E-state index in [1.807, 2.05) is 35.2 Å². The second kappa shape index (κ2) is 8.13. The Hall–Kier alpha value is -2.10. The van der Waals surface area contributed by atoms with Gasteiger partial charge in [-0.2, -0.15) is 0 Å². The molecule has 0 N–H and O–H groups in total. The lowest BCUT2D eigenvalue weighted by Gasteiger charge is -2.34. The maximum atomic E-state index is 12.5. The maximum Gasteiger partial charge on any atom is 0.253 e. The lowest BCUT2D eigenvalue weighted by atomic mass is 10.2. The number of hydrogen-bond donors (Lipinski definition) is 0. The van der Waals surface area contributed by atoms with Crippen LogP contribution in [0.25, 0.3) is 6.08 Å². The van der Waals surface area contributed by atoms with Crippen LogP contribution in [0.4, 0.5) is 0 Å². The first-order chi connectivity index (χ1) is 11.7. The largest absolute Gasteiger partial charge is 0.336 e. The van der Waals surface area contributed by atoms with E-state index in [9.17, 15) is 4.79 Å². The maximum absolute atomic E-state index is 12.5. The molecule has 1 fully saturated rings. The number of carbonyl (C=O) groups excluding carboxylic acids is 1. The summed E-state index contributed by atoms with van der Waals surface area (Å²) in [6.45, 7) is 4.21. The van der Waals surface area contributed by atoms with Crippen LogP contribution in [0.3, 0.4) is 0 Å². The first-order valence-corrected chi connectivity index (χ1v) is 8.59. The molecule has 2 aromatic carbocycles. The highest BCUT2D eigenvalue weighted by Crippen LogP contribution is 2.14. The molecule has 0 spiro atoms. The molecule has 3 rings (SSSR count). The van der Waals surface area contributed by atoms with Crippen LogP contribution in [0.15, 0.2) is 60.7 Å². The quantitative estimate of drug-likeness (QED) is 0.845. The Morgan fingerprint density at radius 3 is 2.46 bits per heavy atom. The molecule has 0 aliphatic carbocycles. The highest BCUT2D eigenvalue weighted by atomic mass is 35.5. The van der Waals surface area contributed by atoms with Crippen LogP contribution in [0.2, 0.25) is 5.02 Å². The minimum absolute atomic E-state index is 0.0666. The van der Waals surface area contributed by atoms with Gasteiger partial charge in [-0.25, -0.2) is 0 Å². The third-order valence-corrected chi connectivity index (χ3v) is 4.44. The van der Waals surface area contributed by atoms with E-state index in [4.69, 9.17) is 11.6 Å². The Kier molecular flexibility index (Phi) is 5.68. The molecule has 0 atom stereocenters. The van der Waals surface area contributed by atoms with Gasteiger partial charge in [-0.1, -0.05) is 60.2 Å². The molecule has 0 saturated carbocycles. The van der Waals surface area contributed by atoms with Crippen LogP contribution in [-0.4, -0.2) is 48.4 Å². The van der Waals surface area contributed by atoms with Crippen molar-refractivity contribution in [1.82, 2.24) is 9.80 Å². The molecule has 0 aromatic heterocycles. The molecule has 1 saturated heterocycles. The van der Waals surface area contributed by atoms with Crippen molar-refractivity contribution >= 4 is 23.6 Å². The predicted octanol–water partition coefficient (Wildman–Crippen LogP) is 3.81. The fraction of sp³-hybridized carbons (Fsp3) is 0.250. The average molecular weight is 341 g/mol. The summed E-state index contributed by atoms with van der Waals surface area (Å²) in [5, 5.41) is 0.602. The normalized spacial score (nSPS) is 15.8. The molecular weight excluding hydrogens is 320 g/mol. The first kappa shape index (κ1) is 16.7. The topological polar surface area (TPSA) is 23.6 Å². The summed E-state index contributed by atoms with van der Waals surface area (Å²) in [5.41, 5.74) is 1.88. The molecule has 24 heavy (non-hydrogen) atoms. The number of hydrogen-bond acceptors (Lipinski definition) is 2. The molecule has 0 radical (unpaired) electrons. The third kappa shape index (κ3) is 4.47. The molecule has 1 amide bonds. The van der Waals surface area contributed by atoms with Gasteiger partial charge in [0, 0.05) is 43.3 Å². The zero-order chi connectivity index (χ0) is 16.8. The Labute approximate surface area is 148 Å². The third-order valence-electron chi connectivity index (χ3n) is 4.20. The molecule has 124 valence electrons. The van der Waals surface area contributed by atoms with Crippen molar-refractivity contribution < 1.29 is 4.79 Å². The fourth-order valence-electron chi connectivity index (χ4n) is 2.84. The molecule has 1 aliphatic rings.